The van der Waals surface area contributed by atoms with Crippen LogP contribution in [-0.2, 0) is 0 Å². The van der Waals surface area contributed by atoms with Gasteiger partial charge in [0.2, 0.25) is 0 Å². The van der Waals surface area contributed by atoms with Crippen molar-refractivity contribution in [3.05, 3.63) is 10.6 Å². The molecule has 11 heavy (non-hydrogen) atoms. The third-order valence-corrected chi connectivity index (χ3v) is 2.18. The average molecular weight is 219 g/mol. The fourth-order valence-electron chi connectivity index (χ4n) is 1.45. The Morgan fingerprint density at radius 3 is 1.18 bits per heavy atom. The Labute approximate surface area is 79.2 Å². The topological polar surface area (TPSA) is 0 Å². The van der Waals surface area contributed by atoms with Crippen molar-refractivity contribution in [3.63, 3.8) is 0 Å². The normalized spacial score (nSPS) is 13.0. The van der Waals surface area contributed by atoms with Gasteiger partial charge in [-0.3, -0.25) is 0 Å². The summed E-state index contributed by atoms with van der Waals surface area (Å²) in [4.78, 5) is 2.06. The number of halogens is 1. The highest BCUT2D eigenvalue weighted by Crippen LogP contribution is 2.39. The Balaban J connectivity index is 4.74. The van der Waals surface area contributed by atoms with E-state index in [0.717, 1.165) is 0 Å². The molecule has 0 aliphatic heterocycles. The molecular formula is C10H19Br. The number of hydrogen-bond acceptors (Lipinski definition) is 0. The van der Waals surface area contributed by atoms with Gasteiger partial charge in [0.25, 0.3) is 0 Å². The Bertz CT molecular complexity index is 137. The zero-order valence-electron chi connectivity index (χ0n) is 8.46. The summed E-state index contributed by atoms with van der Waals surface area (Å²) < 4.78 is 0. The standard InChI is InChI=1S/C10H19Br/c1-9(2,3)8(7-11)10(4,5)6/h7H,1-6H3. The zero-order valence-corrected chi connectivity index (χ0v) is 10.0. The molecule has 1 heteroatoms. The van der Waals surface area contributed by atoms with E-state index < -0.39 is 0 Å². The largest absolute Gasteiger partial charge is 0.0595 e. The van der Waals surface area contributed by atoms with Gasteiger partial charge in [-0.25, -0.2) is 0 Å². The fourth-order valence-corrected chi connectivity index (χ4v) is 2.83. The van der Waals surface area contributed by atoms with Crippen molar-refractivity contribution < 1.29 is 0 Å². The van der Waals surface area contributed by atoms with E-state index in [2.05, 4.69) is 62.5 Å². The van der Waals surface area contributed by atoms with Crippen LogP contribution >= 0.6 is 15.9 Å². The fraction of sp³-hybridized carbons (Fsp3) is 0.800. The molecule has 0 fully saturated rings. The molecule has 0 amide bonds. The van der Waals surface area contributed by atoms with Crippen molar-refractivity contribution in [2.45, 2.75) is 41.5 Å². The minimum Gasteiger partial charge on any atom is -0.0595 e. The Morgan fingerprint density at radius 1 is 0.909 bits per heavy atom. The van der Waals surface area contributed by atoms with E-state index in [0.29, 0.717) is 0 Å². The summed E-state index contributed by atoms with van der Waals surface area (Å²) in [5, 5.41) is 0. The van der Waals surface area contributed by atoms with Gasteiger partial charge in [0.15, 0.2) is 0 Å². The second kappa shape index (κ2) is 3.30. The molecule has 0 aliphatic rings. The summed E-state index contributed by atoms with van der Waals surface area (Å²) in [5.41, 5.74) is 1.98. The first-order valence-corrected chi connectivity index (χ1v) is 4.92. The van der Waals surface area contributed by atoms with E-state index in [1.54, 1.807) is 0 Å². The van der Waals surface area contributed by atoms with Gasteiger partial charge in [-0.05, 0) is 15.8 Å². The van der Waals surface area contributed by atoms with Crippen LogP contribution < -0.4 is 0 Å². The van der Waals surface area contributed by atoms with Crippen LogP contribution in [-0.4, -0.2) is 0 Å². The molecule has 0 bridgehead atoms. The molecule has 0 N–H and O–H groups in total. The number of rotatable bonds is 0. The summed E-state index contributed by atoms with van der Waals surface area (Å²) in [5.74, 6) is 0. The highest BCUT2D eigenvalue weighted by molar-refractivity contribution is 9.11. The predicted molar refractivity (Wildman–Crippen MR) is 55.9 cm³/mol. The van der Waals surface area contributed by atoms with Crippen LogP contribution in [0.4, 0.5) is 0 Å². The van der Waals surface area contributed by atoms with Crippen LogP contribution in [0.5, 0.6) is 0 Å². The molecule has 0 saturated carbocycles. The molecule has 0 aliphatic carbocycles. The van der Waals surface area contributed by atoms with E-state index in [-0.39, 0.29) is 10.8 Å². The van der Waals surface area contributed by atoms with Gasteiger partial charge < -0.3 is 0 Å². The molecule has 0 atom stereocenters. The maximum atomic E-state index is 3.43. The molecule has 0 nitrogen and oxygen atoms in total. The van der Waals surface area contributed by atoms with E-state index in [9.17, 15) is 0 Å². The van der Waals surface area contributed by atoms with Crippen LogP contribution in [0.1, 0.15) is 41.5 Å². The van der Waals surface area contributed by atoms with Crippen molar-refractivity contribution in [2.75, 3.05) is 0 Å². The molecule has 0 aromatic rings. The van der Waals surface area contributed by atoms with E-state index in [1.165, 1.54) is 5.57 Å². The Kier molecular flexibility index (Phi) is 3.37. The van der Waals surface area contributed by atoms with Crippen LogP contribution in [0.2, 0.25) is 0 Å². The smallest absolute Gasteiger partial charge is 0.0159 e. The van der Waals surface area contributed by atoms with Gasteiger partial charge in [0.1, 0.15) is 0 Å². The van der Waals surface area contributed by atoms with Crippen LogP contribution in [0.15, 0.2) is 10.6 Å². The van der Waals surface area contributed by atoms with Gasteiger partial charge in [-0.15, -0.1) is 0 Å². The summed E-state index contributed by atoms with van der Waals surface area (Å²) in [6.07, 6.45) is 0. The second-order valence-electron chi connectivity index (χ2n) is 5.02. The SMILES string of the molecule is CC(C)(C)C(=CBr)C(C)(C)C. The molecule has 0 radical (unpaired) electrons. The summed E-state index contributed by atoms with van der Waals surface area (Å²) in [6, 6.07) is 0. The van der Waals surface area contributed by atoms with Gasteiger partial charge in [0.05, 0.1) is 0 Å². The average Bonchev–Trinajstić information content (AvgIpc) is 1.56. The first-order valence-electron chi connectivity index (χ1n) is 4.01. The Morgan fingerprint density at radius 2 is 1.18 bits per heavy atom. The molecule has 0 unspecified atom stereocenters. The molecule has 0 aromatic carbocycles. The summed E-state index contributed by atoms with van der Waals surface area (Å²) in [6.45, 7) is 13.4. The lowest BCUT2D eigenvalue weighted by molar-refractivity contribution is 0.364. The first kappa shape index (κ1) is 11.2. The van der Waals surface area contributed by atoms with Crippen molar-refractivity contribution in [1.29, 1.82) is 0 Å². The van der Waals surface area contributed by atoms with Crippen molar-refractivity contribution >= 4 is 15.9 Å². The summed E-state index contributed by atoms with van der Waals surface area (Å²) in [7, 11) is 0. The third-order valence-electron chi connectivity index (χ3n) is 1.73. The third kappa shape index (κ3) is 3.42. The minimum absolute atomic E-state index is 0.266. The molecule has 0 saturated heterocycles. The molecule has 0 aromatic heterocycles. The molecule has 0 heterocycles. The zero-order chi connectivity index (χ0) is 9.28. The van der Waals surface area contributed by atoms with Gasteiger partial charge in [-0.2, -0.15) is 0 Å². The second-order valence-corrected chi connectivity index (χ2v) is 5.48. The first-order chi connectivity index (χ1) is 4.69. The van der Waals surface area contributed by atoms with Crippen LogP contribution in [0.25, 0.3) is 0 Å². The lowest BCUT2D eigenvalue weighted by atomic mass is 9.73. The molecule has 66 valence electrons. The molecule has 0 spiro atoms. The van der Waals surface area contributed by atoms with Crippen molar-refractivity contribution in [2.24, 2.45) is 10.8 Å². The highest BCUT2D eigenvalue weighted by atomic mass is 79.9. The van der Waals surface area contributed by atoms with Gasteiger partial charge >= 0.3 is 0 Å². The minimum atomic E-state index is 0.266. The maximum absolute atomic E-state index is 3.43. The molecule has 0 rings (SSSR count). The van der Waals surface area contributed by atoms with E-state index >= 15 is 0 Å². The van der Waals surface area contributed by atoms with Crippen LogP contribution in [0, 0.1) is 10.8 Å². The summed E-state index contributed by atoms with van der Waals surface area (Å²) >= 11 is 3.43. The highest BCUT2D eigenvalue weighted by Gasteiger charge is 2.26. The van der Waals surface area contributed by atoms with Gasteiger partial charge in [0, 0.05) is 0 Å². The van der Waals surface area contributed by atoms with E-state index in [4.69, 9.17) is 0 Å². The Hall–Kier alpha value is 0.220. The monoisotopic (exact) mass is 218 g/mol. The van der Waals surface area contributed by atoms with Crippen LogP contribution in [0.3, 0.4) is 0 Å². The lowest BCUT2D eigenvalue weighted by Gasteiger charge is -2.33. The van der Waals surface area contributed by atoms with E-state index in [1.807, 2.05) is 0 Å². The lowest BCUT2D eigenvalue weighted by Crippen LogP contribution is -2.21. The molecular weight excluding hydrogens is 200 g/mol. The predicted octanol–water partition coefficient (Wildman–Crippen LogP) is 4.36. The number of allylic oxidation sites excluding steroid dienone is 1. The quantitative estimate of drug-likeness (QED) is 0.567. The van der Waals surface area contributed by atoms with Crippen molar-refractivity contribution in [1.82, 2.24) is 0 Å². The maximum Gasteiger partial charge on any atom is -0.0159 e. The van der Waals surface area contributed by atoms with Crippen molar-refractivity contribution in [3.8, 4) is 0 Å². The van der Waals surface area contributed by atoms with Gasteiger partial charge in [-0.1, -0.05) is 63.0 Å². The number of hydrogen-bond donors (Lipinski definition) is 0.